The van der Waals surface area contributed by atoms with Gasteiger partial charge in [0, 0.05) is 10.7 Å². The molecule has 0 saturated carbocycles. The van der Waals surface area contributed by atoms with Crippen LogP contribution in [-0.4, -0.2) is 17.7 Å². The Balaban J connectivity index is 1.80. The lowest BCUT2D eigenvalue weighted by molar-refractivity contribution is -0.159. The zero-order valence-corrected chi connectivity index (χ0v) is 17.0. The summed E-state index contributed by atoms with van der Waals surface area (Å²) in [5, 5.41) is 0.348. The first-order chi connectivity index (χ1) is 13.5. The molecule has 1 atom stereocenters. The summed E-state index contributed by atoms with van der Waals surface area (Å²) in [5.41, 5.74) is 1.77. The van der Waals surface area contributed by atoms with Gasteiger partial charge >= 0.3 is 5.97 Å². The molecule has 0 aromatic heterocycles. The van der Waals surface area contributed by atoms with Crippen molar-refractivity contribution in [2.45, 2.75) is 52.2 Å². The van der Waals surface area contributed by atoms with Crippen LogP contribution in [0.15, 0.2) is 53.5 Å². The highest BCUT2D eigenvalue weighted by molar-refractivity contribution is 6.31. The molecule has 3 rings (SSSR count). The van der Waals surface area contributed by atoms with Crippen LogP contribution in [-0.2, 0) is 16.1 Å². The summed E-state index contributed by atoms with van der Waals surface area (Å²) in [6.45, 7) is 4.25. The summed E-state index contributed by atoms with van der Waals surface area (Å²) in [6, 6.07) is 13.9. The molecule has 0 N–H and O–H groups in total. The zero-order chi connectivity index (χ0) is 20.1. The fraction of sp³-hybridized carbons (Fsp3) is 0.391. The number of halogens is 2. The lowest BCUT2D eigenvalue weighted by Crippen LogP contribution is -2.41. The van der Waals surface area contributed by atoms with E-state index >= 15 is 0 Å². The van der Waals surface area contributed by atoms with Crippen LogP contribution in [0.5, 0.6) is 0 Å². The quantitative estimate of drug-likeness (QED) is 0.535. The average molecular weight is 402 g/mol. The van der Waals surface area contributed by atoms with Gasteiger partial charge in [-0.1, -0.05) is 55.8 Å². The van der Waals surface area contributed by atoms with Crippen LogP contribution in [0, 0.1) is 11.2 Å². The molecule has 148 valence electrons. The lowest BCUT2D eigenvalue weighted by Gasteiger charge is -2.33. The minimum Gasteiger partial charge on any atom is -0.460 e. The molecule has 2 aromatic rings. The lowest BCUT2D eigenvalue weighted by atomic mass is 9.74. The number of carbonyl (C=O) groups excluding carboxylic acids is 1. The van der Waals surface area contributed by atoms with Gasteiger partial charge in [0.15, 0.2) is 0 Å². The number of nitrogens with zero attached hydrogens (tertiary/aromatic N) is 1. The Morgan fingerprint density at radius 2 is 1.93 bits per heavy atom. The van der Waals surface area contributed by atoms with Crippen LogP contribution in [0.4, 0.5) is 4.39 Å². The van der Waals surface area contributed by atoms with E-state index in [0.717, 1.165) is 17.7 Å². The van der Waals surface area contributed by atoms with Crippen molar-refractivity contribution in [3.63, 3.8) is 0 Å². The highest BCUT2D eigenvalue weighted by Gasteiger charge is 2.46. The first kappa shape index (κ1) is 20.5. The number of carbonyl (C=O) groups is 1. The van der Waals surface area contributed by atoms with E-state index in [1.165, 1.54) is 12.1 Å². The molecular weight excluding hydrogens is 377 g/mol. The molecule has 28 heavy (non-hydrogen) atoms. The molecule has 0 radical (unpaired) electrons. The van der Waals surface area contributed by atoms with E-state index in [2.05, 4.69) is 0 Å². The number of benzene rings is 2. The first-order valence-corrected chi connectivity index (χ1v) is 10.1. The number of ether oxygens (including phenoxy) is 1. The van der Waals surface area contributed by atoms with Gasteiger partial charge in [0.25, 0.3) is 0 Å². The molecule has 0 spiro atoms. The number of esters is 1. The predicted molar refractivity (Wildman–Crippen MR) is 110 cm³/mol. The van der Waals surface area contributed by atoms with E-state index in [0.29, 0.717) is 29.8 Å². The molecule has 2 aromatic carbocycles. The normalized spacial score (nSPS) is 16.7. The Labute approximate surface area is 170 Å². The monoisotopic (exact) mass is 401 g/mol. The maximum atomic E-state index is 13.7. The fourth-order valence-electron chi connectivity index (χ4n) is 3.94. The average Bonchev–Trinajstić information content (AvgIpc) is 3.18. The van der Waals surface area contributed by atoms with Crippen LogP contribution in [0.25, 0.3) is 0 Å². The summed E-state index contributed by atoms with van der Waals surface area (Å²) in [6.07, 6.45) is 2.72. The van der Waals surface area contributed by atoms with Crippen LogP contribution in [0.3, 0.4) is 0 Å². The van der Waals surface area contributed by atoms with Gasteiger partial charge in [-0.15, -0.1) is 0 Å². The summed E-state index contributed by atoms with van der Waals surface area (Å²) in [4.78, 5) is 17.9. The number of hydrogen-bond donors (Lipinski definition) is 0. The first-order valence-electron chi connectivity index (χ1n) is 9.72. The largest absolute Gasteiger partial charge is 0.460 e. The second-order valence-corrected chi connectivity index (χ2v) is 7.65. The van der Waals surface area contributed by atoms with E-state index in [-0.39, 0.29) is 24.4 Å². The topological polar surface area (TPSA) is 38.7 Å². The SMILES string of the molecule is CCC(CC)(C(=O)OCc1ccccc1)[C@H]1CCC(c2cc(F)cc(Cl)c2)=N1. The molecule has 5 heteroatoms. The van der Waals surface area contributed by atoms with Crippen LogP contribution in [0.2, 0.25) is 5.02 Å². The summed E-state index contributed by atoms with van der Waals surface area (Å²) in [7, 11) is 0. The van der Waals surface area contributed by atoms with Gasteiger partial charge in [-0.2, -0.15) is 0 Å². The Bertz CT molecular complexity index is 842. The molecule has 0 aliphatic carbocycles. The van der Waals surface area contributed by atoms with E-state index in [4.69, 9.17) is 21.3 Å². The van der Waals surface area contributed by atoms with E-state index in [1.807, 2.05) is 44.2 Å². The fourth-order valence-corrected chi connectivity index (χ4v) is 4.16. The number of rotatable bonds is 7. The third-order valence-electron chi connectivity index (χ3n) is 5.68. The van der Waals surface area contributed by atoms with Gasteiger partial charge in [0.2, 0.25) is 0 Å². The van der Waals surface area contributed by atoms with Gasteiger partial charge in [0.05, 0.1) is 11.5 Å². The molecule has 1 aliphatic rings. The summed E-state index contributed by atoms with van der Waals surface area (Å²) in [5.74, 6) is -0.596. The smallest absolute Gasteiger partial charge is 0.314 e. The second-order valence-electron chi connectivity index (χ2n) is 7.21. The third-order valence-corrected chi connectivity index (χ3v) is 5.90. The van der Waals surface area contributed by atoms with Crippen molar-refractivity contribution in [2.75, 3.05) is 0 Å². The molecule has 0 fully saturated rings. The maximum Gasteiger partial charge on any atom is 0.314 e. The van der Waals surface area contributed by atoms with Gasteiger partial charge in [-0.25, -0.2) is 4.39 Å². The van der Waals surface area contributed by atoms with Crippen molar-refractivity contribution in [3.8, 4) is 0 Å². The molecule has 1 aliphatic heterocycles. The van der Waals surface area contributed by atoms with Gasteiger partial charge in [-0.3, -0.25) is 9.79 Å². The Morgan fingerprint density at radius 1 is 1.21 bits per heavy atom. The van der Waals surface area contributed by atoms with Crippen molar-refractivity contribution >= 4 is 23.3 Å². The molecule has 3 nitrogen and oxygen atoms in total. The van der Waals surface area contributed by atoms with Crippen molar-refractivity contribution in [3.05, 3.63) is 70.5 Å². The zero-order valence-electron chi connectivity index (χ0n) is 16.3. The minimum atomic E-state index is -0.673. The highest BCUT2D eigenvalue weighted by atomic mass is 35.5. The van der Waals surface area contributed by atoms with Crippen LogP contribution >= 0.6 is 11.6 Å². The summed E-state index contributed by atoms with van der Waals surface area (Å²) < 4.78 is 19.4. The van der Waals surface area contributed by atoms with E-state index in [1.54, 1.807) is 6.07 Å². The molecule has 0 saturated heterocycles. The summed E-state index contributed by atoms with van der Waals surface area (Å²) >= 11 is 5.99. The van der Waals surface area contributed by atoms with Crippen molar-refractivity contribution in [2.24, 2.45) is 10.4 Å². The number of hydrogen-bond acceptors (Lipinski definition) is 3. The van der Waals surface area contributed by atoms with Gasteiger partial charge in [-0.05, 0) is 55.0 Å². The van der Waals surface area contributed by atoms with Crippen molar-refractivity contribution in [1.29, 1.82) is 0 Å². The van der Waals surface area contributed by atoms with Gasteiger partial charge in [0.1, 0.15) is 12.4 Å². The van der Waals surface area contributed by atoms with Crippen molar-refractivity contribution < 1.29 is 13.9 Å². The van der Waals surface area contributed by atoms with E-state index < -0.39 is 5.41 Å². The highest BCUT2D eigenvalue weighted by Crippen LogP contribution is 2.40. The minimum absolute atomic E-state index is 0.178. The molecular formula is C23H25ClFNO2. The second kappa shape index (κ2) is 8.87. The molecule has 0 bridgehead atoms. The molecule has 1 heterocycles. The Hall–Kier alpha value is -2.20. The standard InChI is InChI=1S/C23H25ClFNO2/c1-3-23(4-2,22(27)28-15-16-8-6-5-7-9-16)21-11-10-20(26-21)17-12-18(24)14-19(25)13-17/h5-9,12-14,21H,3-4,10-11,15H2,1-2H3/t21-/m1/s1. The Kier molecular flexibility index (Phi) is 6.50. The van der Waals surface area contributed by atoms with Gasteiger partial charge < -0.3 is 4.74 Å². The third kappa shape index (κ3) is 4.27. The maximum absolute atomic E-state index is 13.7. The Morgan fingerprint density at radius 3 is 2.57 bits per heavy atom. The molecule has 0 unspecified atom stereocenters. The van der Waals surface area contributed by atoms with Crippen LogP contribution in [0.1, 0.15) is 50.7 Å². The molecule has 0 amide bonds. The number of aliphatic imine (C=N–C) groups is 1. The van der Waals surface area contributed by atoms with Crippen molar-refractivity contribution in [1.82, 2.24) is 0 Å². The van der Waals surface area contributed by atoms with E-state index in [9.17, 15) is 9.18 Å². The van der Waals surface area contributed by atoms with Crippen LogP contribution < -0.4 is 0 Å². The predicted octanol–water partition coefficient (Wildman–Crippen LogP) is 5.98.